The zero-order valence-electron chi connectivity index (χ0n) is 12.9. The fourth-order valence-corrected chi connectivity index (χ4v) is 3.66. The van der Waals surface area contributed by atoms with E-state index >= 15 is 0 Å². The summed E-state index contributed by atoms with van der Waals surface area (Å²) in [6.45, 7) is 9.73. The number of hydrogen-bond acceptors (Lipinski definition) is 2. The van der Waals surface area contributed by atoms with Crippen LogP contribution in [0.4, 0.5) is 0 Å². The third-order valence-corrected chi connectivity index (χ3v) is 5.04. The van der Waals surface area contributed by atoms with E-state index in [1.165, 1.54) is 19.3 Å². The molecule has 0 bridgehead atoms. The molecule has 1 unspecified atom stereocenters. The molecule has 1 N–H and O–H groups in total. The first-order valence-electron chi connectivity index (χ1n) is 8.07. The lowest BCUT2D eigenvalue weighted by Gasteiger charge is -2.37. The minimum atomic E-state index is 0.217. The molecule has 2 rings (SSSR count). The molecule has 2 aliphatic rings. The Morgan fingerprint density at radius 1 is 1.26 bits per heavy atom. The first-order chi connectivity index (χ1) is 9.04. The number of carbonyl (C=O) groups is 1. The molecular formula is C16H30N2O. The van der Waals surface area contributed by atoms with Gasteiger partial charge in [0.05, 0.1) is 0 Å². The van der Waals surface area contributed by atoms with E-state index in [1.54, 1.807) is 0 Å². The van der Waals surface area contributed by atoms with Crippen LogP contribution in [0.15, 0.2) is 0 Å². The molecule has 0 aromatic heterocycles. The summed E-state index contributed by atoms with van der Waals surface area (Å²) in [6.07, 6.45) is 6.96. The maximum Gasteiger partial charge on any atom is 0.226 e. The summed E-state index contributed by atoms with van der Waals surface area (Å²) in [7, 11) is 0. The average Bonchev–Trinajstić information content (AvgIpc) is 2.76. The molecule has 0 radical (unpaired) electrons. The minimum absolute atomic E-state index is 0.217. The highest BCUT2D eigenvalue weighted by molar-refractivity contribution is 5.80. The van der Waals surface area contributed by atoms with E-state index in [0.717, 1.165) is 38.9 Å². The number of amides is 1. The molecule has 1 aliphatic carbocycles. The molecule has 19 heavy (non-hydrogen) atoms. The highest BCUT2D eigenvalue weighted by atomic mass is 16.2. The van der Waals surface area contributed by atoms with Crippen LogP contribution in [0.25, 0.3) is 0 Å². The van der Waals surface area contributed by atoms with Gasteiger partial charge in [-0.3, -0.25) is 4.79 Å². The Balaban J connectivity index is 1.82. The van der Waals surface area contributed by atoms with Crippen molar-refractivity contribution < 1.29 is 4.79 Å². The van der Waals surface area contributed by atoms with Gasteiger partial charge in [-0.1, -0.05) is 27.2 Å². The van der Waals surface area contributed by atoms with Crippen molar-refractivity contribution in [1.29, 1.82) is 0 Å². The van der Waals surface area contributed by atoms with Crippen molar-refractivity contribution in [2.45, 2.75) is 65.3 Å². The predicted octanol–water partition coefficient (Wildman–Crippen LogP) is 2.80. The van der Waals surface area contributed by atoms with Crippen LogP contribution in [0, 0.1) is 11.3 Å². The first-order valence-corrected chi connectivity index (χ1v) is 8.07. The van der Waals surface area contributed by atoms with Gasteiger partial charge in [-0.2, -0.15) is 0 Å². The Morgan fingerprint density at radius 3 is 2.47 bits per heavy atom. The number of hydrogen-bond donors (Lipinski definition) is 1. The summed E-state index contributed by atoms with van der Waals surface area (Å²) in [4.78, 5) is 14.8. The molecular weight excluding hydrogens is 236 g/mol. The van der Waals surface area contributed by atoms with Crippen molar-refractivity contribution in [1.82, 2.24) is 10.2 Å². The molecule has 0 aromatic carbocycles. The van der Waals surface area contributed by atoms with Gasteiger partial charge in [-0.25, -0.2) is 0 Å². The van der Waals surface area contributed by atoms with E-state index < -0.39 is 0 Å². The van der Waals surface area contributed by atoms with Crippen LogP contribution < -0.4 is 5.32 Å². The second-order valence-electron chi connectivity index (χ2n) is 6.99. The van der Waals surface area contributed by atoms with Crippen LogP contribution in [0.1, 0.15) is 59.3 Å². The fourth-order valence-electron chi connectivity index (χ4n) is 3.66. The topological polar surface area (TPSA) is 32.3 Å². The molecule has 3 nitrogen and oxygen atoms in total. The number of nitrogens with one attached hydrogen (secondary N) is 1. The van der Waals surface area contributed by atoms with Crippen LogP contribution >= 0.6 is 0 Å². The van der Waals surface area contributed by atoms with Crippen molar-refractivity contribution in [3.05, 3.63) is 0 Å². The van der Waals surface area contributed by atoms with Gasteiger partial charge in [-0.05, 0) is 44.1 Å². The van der Waals surface area contributed by atoms with Crippen LogP contribution in [0.2, 0.25) is 0 Å². The van der Waals surface area contributed by atoms with Gasteiger partial charge in [-0.15, -0.1) is 0 Å². The maximum atomic E-state index is 12.6. The van der Waals surface area contributed by atoms with Crippen molar-refractivity contribution in [3.8, 4) is 0 Å². The lowest BCUT2D eigenvalue weighted by molar-refractivity contribution is -0.139. The van der Waals surface area contributed by atoms with E-state index in [2.05, 4.69) is 31.0 Å². The number of likely N-dealkylation sites (tertiary alicyclic amines) is 1. The van der Waals surface area contributed by atoms with Crippen LogP contribution in [-0.2, 0) is 4.79 Å². The molecule has 0 spiro atoms. The Bertz CT molecular complexity index is 306. The van der Waals surface area contributed by atoms with Crippen molar-refractivity contribution >= 4 is 5.91 Å². The van der Waals surface area contributed by atoms with E-state index in [4.69, 9.17) is 0 Å². The molecule has 1 atom stereocenters. The standard InChI is InChI=1S/C16H30N2O/c1-4-10-17-13-7-11-18(12-8-13)15(19)14-6-5-9-16(14,2)3/h13-14,17H,4-12H2,1-3H3. The lowest BCUT2D eigenvalue weighted by Crippen LogP contribution is -2.48. The van der Waals surface area contributed by atoms with Crippen LogP contribution in [0.5, 0.6) is 0 Å². The van der Waals surface area contributed by atoms with Crippen molar-refractivity contribution in [3.63, 3.8) is 0 Å². The smallest absolute Gasteiger partial charge is 0.226 e. The number of piperidine rings is 1. The zero-order valence-corrected chi connectivity index (χ0v) is 12.9. The minimum Gasteiger partial charge on any atom is -0.342 e. The molecule has 1 heterocycles. The van der Waals surface area contributed by atoms with E-state index in [0.29, 0.717) is 11.9 Å². The van der Waals surface area contributed by atoms with Gasteiger partial charge < -0.3 is 10.2 Å². The van der Waals surface area contributed by atoms with Gasteiger partial charge in [0.15, 0.2) is 0 Å². The molecule has 1 saturated carbocycles. The zero-order chi connectivity index (χ0) is 13.9. The lowest BCUT2D eigenvalue weighted by atomic mass is 9.81. The molecule has 0 aromatic rings. The summed E-state index contributed by atoms with van der Waals surface area (Å²) in [5.74, 6) is 0.698. The van der Waals surface area contributed by atoms with E-state index in [1.807, 2.05) is 0 Å². The van der Waals surface area contributed by atoms with Gasteiger partial charge in [0, 0.05) is 25.0 Å². The van der Waals surface area contributed by atoms with Crippen molar-refractivity contribution in [2.24, 2.45) is 11.3 Å². The second-order valence-corrected chi connectivity index (χ2v) is 6.99. The summed E-state index contributed by atoms with van der Waals surface area (Å²) in [6, 6.07) is 0.626. The number of carbonyl (C=O) groups excluding carboxylic acids is 1. The SMILES string of the molecule is CCCNC1CCN(C(=O)C2CCCC2(C)C)CC1. The number of rotatable bonds is 4. The largest absolute Gasteiger partial charge is 0.342 e. The summed E-state index contributed by atoms with van der Waals surface area (Å²) in [5, 5.41) is 3.58. The summed E-state index contributed by atoms with van der Waals surface area (Å²) >= 11 is 0. The summed E-state index contributed by atoms with van der Waals surface area (Å²) < 4.78 is 0. The Hall–Kier alpha value is -0.570. The quantitative estimate of drug-likeness (QED) is 0.848. The Labute approximate surface area is 118 Å². The van der Waals surface area contributed by atoms with Gasteiger partial charge in [0.25, 0.3) is 0 Å². The average molecular weight is 266 g/mol. The van der Waals surface area contributed by atoms with Gasteiger partial charge in [0.2, 0.25) is 5.91 Å². The van der Waals surface area contributed by atoms with Crippen molar-refractivity contribution in [2.75, 3.05) is 19.6 Å². The maximum absolute atomic E-state index is 12.6. The molecule has 1 amide bonds. The molecule has 1 aliphatic heterocycles. The monoisotopic (exact) mass is 266 g/mol. The fraction of sp³-hybridized carbons (Fsp3) is 0.938. The first kappa shape index (κ1) is 14.8. The van der Waals surface area contributed by atoms with E-state index in [-0.39, 0.29) is 11.3 Å². The normalized spacial score (nSPS) is 27.7. The molecule has 1 saturated heterocycles. The van der Waals surface area contributed by atoms with E-state index in [9.17, 15) is 4.79 Å². The van der Waals surface area contributed by atoms with Crippen LogP contribution in [0.3, 0.4) is 0 Å². The Kier molecular flexibility index (Phi) is 4.88. The highest BCUT2D eigenvalue weighted by Gasteiger charge is 2.41. The number of nitrogens with zero attached hydrogens (tertiary/aromatic N) is 1. The Morgan fingerprint density at radius 2 is 1.95 bits per heavy atom. The molecule has 110 valence electrons. The van der Waals surface area contributed by atoms with Gasteiger partial charge >= 0.3 is 0 Å². The predicted molar refractivity (Wildman–Crippen MR) is 79.0 cm³/mol. The third kappa shape index (κ3) is 3.50. The molecule has 3 heteroatoms. The third-order valence-electron chi connectivity index (χ3n) is 5.04. The van der Waals surface area contributed by atoms with Gasteiger partial charge in [0.1, 0.15) is 0 Å². The van der Waals surface area contributed by atoms with Crippen LogP contribution in [-0.4, -0.2) is 36.5 Å². The second kappa shape index (κ2) is 6.25. The summed E-state index contributed by atoms with van der Waals surface area (Å²) in [5.41, 5.74) is 0.217. The highest BCUT2D eigenvalue weighted by Crippen LogP contribution is 2.43. The molecule has 2 fully saturated rings.